The van der Waals surface area contributed by atoms with Crippen LogP contribution in [0.1, 0.15) is 12.5 Å². The summed E-state index contributed by atoms with van der Waals surface area (Å²) in [6, 6.07) is 5.95. The number of nitro benzene ring substituents is 1. The third kappa shape index (κ3) is 2.57. The van der Waals surface area contributed by atoms with Gasteiger partial charge in [-0.2, -0.15) is 0 Å². The van der Waals surface area contributed by atoms with Crippen molar-refractivity contribution in [1.29, 1.82) is 0 Å². The molecule has 0 amide bonds. The molecular weight excluding hydrogens is 246 g/mol. The van der Waals surface area contributed by atoms with Crippen LogP contribution in [0.2, 0.25) is 0 Å². The van der Waals surface area contributed by atoms with Crippen LogP contribution in [-0.2, 0) is 0 Å². The molecular formula is C13H11N3O3. The third-order valence-corrected chi connectivity index (χ3v) is 2.54. The number of allylic oxidation sites excluding steroid dienone is 1. The molecule has 0 saturated carbocycles. The summed E-state index contributed by atoms with van der Waals surface area (Å²) in [4.78, 5) is 25.7. The monoisotopic (exact) mass is 257 g/mol. The molecule has 6 heteroatoms. The minimum atomic E-state index is -0.469. The van der Waals surface area contributed by atoms with Crippen molar-refractivity contribution in [2.75, 3.05) is 0 Å². The molecule has 19 heavy (non-hydrogen) atoms. The van der Waals surface area contributed by atoms with E-state index >= 15 is 0 Å². The summed E-state index contributed by atoms with van der Waals surface area (Å²) < 4.78 is 1.35. The minimum absolute atomic E-state index is 0.0196. The summed E-state index contributed by atoms with van der Waals surface area (Å²) in [5, 5.41) is 10.8. The minimum Gasteiger partial charge on any atom is -0.267 e. The van der Waals surface area contributed by atoms with Gasteiger partial charge < -0.3 is 0 Å². The summed E-state index contributed by atoms with van der Waals surface area (Å²) in [5.41, 5.74) is 0.699. The molecule has 0 aliphatic carbocycles. The molecule has 6 nitrogen and oxygen atoms in total. The molecule has 0 fully saturated rings. The first-order chi connectivity index (χ1) is 9.13. The van der Waals surface area contributed by atoms with Crippen molar-refractivity contribution in [3.8, 4) is 5.69 Å². The summed E-state index contributed by atoms with van der Waals surface area (Å²) in [6.45, 7) is 1.80. The van der Waals surface area contributed by atoms with Gasteiger partial charge in [-0.1, -0.05) is 12.2 Å². The fraction of sp³-hybridized carbons (Fsp3) is 0.0769. The molecule has 0 aliphatic rings. The van der Waals surface area contributed by atoms with Gasteiger partial charge in [0.25, 0.3) is 5.69 Å². The normalized spacial score (nSPS) is 10.8. The molecule has 0 aliphatic heterocycles. The highest BCUT2D eigenvalue weighted by molar-refractivity contribution is 5.63. The van der Waals surface area contributed by atoms with E-state index < -0.39 is 10.6 Å². The molecule has 1 aromatic carbocycles. The van der Waals surface area contributed by atoms with E-state index in [2.05, 4.69) is 4.98 Å². The maximum Gasteiger partial charge on any atom is 0.352 e. The standard InChI is InChI=1S/C13H11N3O3/c1-2-4-10-9-11(16(18)19)5-6-12(10)15-8-3-7-14-13(15)17/h2-9H,1H3/b4-2+. The Balaban J connectivity index is 2.67. The van der Waals surface area contributed by atoms with Crippen LogP contribution in [0.4, 0.5) is 5.69 Å². The lowest BCUT2D eigenvalue weighted by Crippen LogP contribution is -2.20. The summed E-state index contributed by atoms with van der Waals surface area (Å²) in [7, 11) is 0. The average Bonchev–Trinajstić information content (AvgIpc) is 2.40. The molecule has 2 rings (SSSR count). The van der Waals surface area contributed by atoms with Crippen LogP contribution in [0, 0.1) is 10.1 Å². The predicted octanol–water partition coefficient (Wildman–Crippen LogP) is 2.17. The van der Waals surface area contributed by atoms with Gasteiger partial charge in [-0.3, -0.25) is 14.7 Å². The van der Waals surface area contributed by atoms with Crippen LogP contribution in [-0.4, -0.2) is 14.5 Å². The topological polar surface area (TPSA) is 78.0 Å². The lowest BCUT2D eigenvalue weighted by Gasteiger charge is -2.08. The van der Waals surface area contributed by atoms with Gasteiger partial charge in [-0.25, -0.2) is 9.78 Å². The Hall–Kier alpha value is -2.76. The molecule has 1 heterocycles. The number of benzene rings is 1. The van der Waals surface area contributed by atoms with E-state index in [9.17, 15) is 14.9 Å². The number of nitrogens with zero attached hydrogens (tertiary/aromatic N) is 3. The van der Waals surface area contributed by atoms with E-state index in [1.165, 1.54) is 29.0 Å². The van der Waals surface area contributed by atoms with Crippen molar-refractivity contribution >= 4 is 11.8 Å². The van der Waals surface area contributed by atoms with Crippen molar-refractivity contribution in [2.45, 2.75) is 6.92 Å². The highest BCUT2D eigenvalue weighted by Crippen LogP contribution is 2.21. The zero-order valence-electron chi connectivity index (χ0n) is 10.2. The molecule has 0 bridgehead atoms. The fourth-order valence-corrected chi connectivity index (χ4v) is 1.73. The summed E-state index contributed by atoms with van der Waals surface area (Å²) in [5.74, 6) is 0. The average molecular weight is 257 g/mol. The maximum absolute atomic E-state index is 11.7. The zero-order chi connectivity index (χ0) is 13.8. The molecule has 1 aromatic heterocycles. The van der Waals surface area contributed by atoms with E-state index in [-0.39, 0.29) is 5.69 Å². The van der Waals surface area contributed by atoms with Gasteiger partial charge in [-0.05, 0) is 19.1 Å². The number of non-ortho nitro benzene ring substituents is 1. The number of rotatable bonds is 3. The molecule has 0 spiro atoms. The first-order valence-corrected chi connectivity index (χ1v) is 5.58. The van der Waals surface area contributed by atoms with Crippen molar-refractivity contribution in [3.05, 3.63) is 68.9 Å². The second-order valence-electron chi connectivity index (χ2n) is 3.77. The summed E-state index contributed by atoms with van der Waals surface area (Å²) in [6.07, 6.45) is 6.44. The molecule has 0 saturated heterocycles. The van der Waals surface area contributed by atoms with Crippen LogP contribution in [0.15, 0.2) is 47.5 Å². The van der Waals surface area contributed by atoms with Crippen LogP contribution in [0.5, 0.6) is 0 Å². The Morgan fingerprint density at radius 3 is 2.84 bits per heavy atom. The van der Waals surface area contributed by atoms with E-state index in [0.29, 0.717) is 11.3 Å². The molecule has 0 atom stereocenters. The first kappa shape index (κ1) is 12.7. The second-order valence-corrected chi connectivity index (χ2v) is 3.77. The van der Waals surface area contributed by atoms with E-state index in [1.807, 2.05) is 0 Å². The Morgan fingerprint density at radius 2 is 2.21 bits per heavy atom. The smallest absolute Gasteiger partial charge is 0.267 e. The van der Waals surface area contributed by atoms with Gasteiger partial charge in [0.1, 0.15) is 0 Å². The highest BCUT2D eigenvalue weighted by atomic mass is 16.6. The number of nitro groups is 1. The fourth-order valence-electron chi connectivity index (χ4n) is 1.73. The number of hydrogen-bond acceptors (Lipinski definition) is 4. The van der Waals surface area contributed by atoms with Gasteiger partial charge in [0.2, 0.25) is 0 Å². The summed E-state index contributed by atoms with van der Waals surface area (Å²) >= 11 is 0. The molecule has 0 unspecified atom stereocenters. The van der Waals surface area contributed by atoms with Crippen molar-refractivity contribution in [1.82, 2.24) is 9.55 Å². The number of aromatic nitrogens is 2. The SMILES string of the molecule is C/C=C/c1cc([N+](=O)[O-])ccc1-n1cccnc1=O. The van der Waals surface area contributed by atoms with Gasteiger partial charge in [0, 0.05) is 30.1 Å². The van der Waals surface area contributed by atoms with Gasteiger partial charge in [0.15, 0.2) is 0 Å². The molecule has 0 N–H and O–H groups in total. The predicted molar refractivity (Wildman–Crippen MR) is 71.2 cm³/mol. The Kier molecular flexibility index (Phi) is 3.51. The Morgan fingerprint density at radius 1 is 1.42 bits per heavy atom. The second kappa shape index (κ2) is 5.26. The van der Waals surface area contributed by atoms with Gasteiger partial charge >= 0.3 is 5.69 Å². The Labute approximate surface area is 108 Å². The lowest BCUT2D eigenvalue weighted by molar-refractivity contribution is -0.384. The molecule has 96 valence electrons. The van der Waals surface area contributed by atoms with Crippen molar-refractivity contribution < 1.29 is 4.92 Å². The molecule has 2 aromatic rings. The van der Waals surface area contributed by atoms with Crippen LogP contribution in [0.25, 0.3) is 11.8 Å². The first-order valence-electron chi connectivity index (χ1n) is 5.58. The number of hydrogen-bond donors (Lipinski definition) is 0. The van der Waals surface area contributed by atoms with Gasteiger partial charge in [0.05, 0.1) is 10.6 Å². The quantitative estimate of drug-likeness (QED) is 0.623. The maximum atomic E-state index is 11.7. The van der Waals surface area contributed by atoms with Crippen molar-refractivity contribution in [3.63, 3.8) is 0 Å². The van der Waals surface area contributed by atoms with Crippen molar-refractivity contribution in [2.24, 2.45) is 0 Å². The van der Waals surface area contributed by atoms with Gasteiger partial charge in [-0.15, -0.1) is 0 Å². The zero-order valence-corrected chi connectivity index (χ0v) is 10.2. The highest BCUT2D eigenvalue weighted by Gasteiger charge is 2.11. The van der Waals surface area contributed by atoms with Crippen LogP contribution in [0.3, 0.4) is 0 Å². The lowest BCUT2D eigenvalue weighted by atomic mass is 10.1. The third-order valence-electron chi connectivity index (χ3n) is 2.54. The van der Waals surface area contributed by atoms with E-state index in [4.69, 9.17) is 0 Å². The largest absolute Gasteiger partial charge is 0.352 e. The van der Waals surface area contributed by atoms with Crippen LogP contribution < -0.4 is 5.69 Å². The Bertz CT molecular complexity index is 704. The van der Waals surface area contributed by atoms with Crippen LogP contribution >= 0.6 is 0 Å². The molecule has 0 radical (unpaired) electrons. The van der Waals surface area contributed by atoms with E-state index in [0.717, 1.165) is 0 Å². The van der Waals surface area contributed by atoms with E-state index in [1.54, 1.807) is 31.3 Å².